The summed E-state index contributed by atoms with van der Waals surface area (Å²) in [7, 11) is -3.48. The van der Waals surface area contributed by atoms with Crippen LogP contribution in [0.1, 0.15) is 31.7 Å². The third-order valence-corrected chi connectivity index (χ3v) is 5.16. The van der Waals surface area contributed by atoms with Crippen molar-refractivity contribution in [3.63, 3.8) is 0 Å². The van der Waals surface area contributed by atoms with Gasteiger partial charge in [0.2, 0.25) is 0 Å². The molecule has 0 amide bonds. The minimum atomic E-state index is -3.48. The van der Waals surface area contributed by atoms with Crippen LogP contribution >= 0.6 is 0 Å². The number of aromatic hydroxyl groups is 1. The van der Waals surface area contributed by atoms with E-state index in [0.717, 1.165) is 19.3 Å². The molecular weight excluding hydrogens is 264 g/mol. The number of phenols is 1. The van der Waals surface area contributed by atoms with Crippen molar-refractivity contribution in [3.8, 4) is 5.75 Å². The SMILES string of the molecule is CC1CCCCN1S(=O)(=O)NCc1ccccc1O. The fourth-order valence-electron chi connectivity index (χ4n) is 2.34. The van der Waals surface area contributed by atoms with Gasteiger partial charge in [-0.3, -0.25) is 0 Å². The van der Waals surface area contributed by atoms with Crippen LogP contribution < -0.4 is 4.72 Å². The normalized spacial score (nSPS) is 21.4. The van der Waals surface area contributed by atoms with Crippen molar-refractivity contribution < 1.29 is 13.5 Å². The molecule has 0 radical (unpaired) electrons. The smallest absolute Gasteiger partial charge is 0.279 e. The standard InChI is InChI=1S/C13H20N2O3S/c1-11-6-4-5-9-15(11)19(17,18)14-10-12-7-2-3-8-13(12)16/h2-3,7-8,11,14,16H,4-6,9-10H2,1H3. The van der Waals surface area contributed by atoms with Crippen LogP contribution in [0.25, 0.3) is 0 Å². The number of nitrogens with one attached hydrogen (secondary N) is 1. The number of phenolic OH excluding ortho intramolecular Hbond substituents is 1. The number of piperidine rings is 1. The zero-order valence-electron chi connectivity index (χ0n) is 11.0. The van der Waals surface area contributed by atoms with Gasteiger partial charge in [-0.05, 0) is 25.8 Å². The first-order chi connectivity index (χ1) is 9.00. The molecule has 106 valence electrons. The van der Waals surface area contributed by atoms with Crippen molar-refractivity contribution >= 4 is 10.2 Å². The van der Waals surface area contributed by atoms with Gasteiger partial charge in [-0.2, -0.15) is 17.4 Å². The average molecular weight is 284 g/mol. The van der Waals surface area contributed by atoms with Crippen LogP contribution in [0.3, 0.4) is 0 Å². The summed E-state index contributed by atoms with van der Waals surface area (Å²) < 4.78 is 28.5. The number of hydrogen-bond acceptors (Lipinski definition) is 3. The molecule has 1 saturated heterocycles. The number of benzene rings is 1. The fourth-order valence-corrected chi connectivity index (χ4v) is 3.79. The Kier molecular flexibility index (Phi) is 4.44. The summed E-state index contributed by atoms with van der Waals surface area (Å²) in [5, 5.41) is 9.62. The van der Waals surface area contributed by atoms with Crippen LogP contribution in [0.4, 0.5) is 0 Å². The van der Waals surface area contributed by atoms with Crippen molar-refractivity contribution in [2.24, 2.45) is 0 Å². The largest absolute Gasteiger partial charge is 0.508 e. The molecule has 0 bridgehead atoms. The molecule has 6 heteroatoms. The highest BCUT2D eigenvalue weighted by Crippen LogP contribution is 2.20. The van der Waals surface area contributed by atoms with Gasteiger partial charge in [0.1, 0.15) is 5.75 Å². The summed E-state index contributed by atoms with van der Waals surface area (Å²) in [6.45, 7) is 2.61. The van der Waals surface area contributed by atoms with Gasteiger partial charge < -0.3 is 5.11 Å². The second kappa shape index (κ2) is 5.90. The number of nitrogens with zero attached hydrogens (tertiary/aromatic N) is 1. The van der Waals surface area contributed by atoms with Gasteiger partial charge in [0.25, 0.3) is 10.2 Å². The highest BCUT2D eigenvalue weighted by atomic mass is 32.2. The highest BCUT2D eigenvalue weighted by molar-refractivity contribution is 7.87. The van der Waals surface area contributed by atoms with E-state index in [1.165, 1.54) is 4.31 Å². The molecule has 2 N–H and O–H groups in total. The van der Waals surface area contributed by atoms with Gasteiger partial charge in [0.05, 0.1) is 0 Å². The Balaban J connectivity index is 2.03. The third-order valence-electron chi connectivity index (χ3n) is 3.49. The Bertz CT molecular complexity index is 530. The maximum Gasteiger partial charge on any atom is 0.279 e. The molecular formula is C13H20N2O3S. The van der Waals surface area contributed by atoms with Crippen molar-refractivity contribution in [3.05, 3.63) is 29.8 Å². The molecule has 1 aliphatic heterocycles. The predicted octanol–water partition coefficient (Wildman–Crippen LogP) is 1.60. The molecule has 1 unspecified atom stereocenters. The minimum Gasteiger partial charge on any atom is -0.508 e. The maximum absolute atomic E-state index is 12.2. The maximum atomic E-state index is 12.2. The summed E-state index contributed by atoms with van der Waals surface area (Å²) in [4.78, 5) is 0. The molecule has 1 aliphatic rings. The highest BCUT2D eigenvalue weighted by Gasteiger charge is 2.29. The molecule has 19 heavy (non-hydrogen) atoms. The van der Waals surface area contributed by atoms with Gasteiger partial charge in [-0.15, -0.1) is 0 Å². The van der Waals surface area contributed by atoms with E-state index >= 15 is 0 Å². The van der Waals surface area contributed by atoms with Gasteiger partial charge in [0.15, 0.2) is 0 Å². The second-order valence-corrected chi connectivity index (χ2v) is 6.62. The monoisotopic (exact) mass is 284 g/mol. The van der Waals surface area contributed by atoms with Crippen LogP contribution in [-0.4, -0.2) is 30.4 Å². The van der Waals surface area contributed by atoms with Crippen LogP contribution in [0.2, 0.25) is 0 Å². The Morgan fingerprint density at radius 1 is 1.37 bits per heavy atom. The predicted molar refractivity (Wildman–Crippen MR) is 73.9 cm³/mol. The molecule has 2 rings (SSSR count). The van der Waals surface area contributed by atoms with Crippen molar-refractivity contribution in [2.75, 3.05) is 6.54 Å². The van der Waals surface area contributed by atoms with E-state index < -0.39 is 10.2 Å². The van der Waals surface area contributed by atoms with Crippen LogP contribution in [-0.2, 0) is 16.8 Å². The molecule has 0 aromatic heterocycles. The van der Waals surface area contributed by atoms with Gasteiger partial charge >= 0.3 is 0 Å². The number of para-hydroxylation sites is 1. The quantitative estimate of drug-likeness (QED) is 0.882. The van der Waals surface area contributed by atoms with Crippen LogP contribution in [0.15, 0.2) is 24.3 Å². The van der Waals surface area contributed by atoms with Gasteiger partial charge in [-0.25, -0.2) is 0 Å². The first-order valence-corrected chi connectivity index (χ1v) is 7.98. The average Bonchev–Trinajstić information content (AvgIpc) is 2.38. The van der Waals surface area contributed by atoms with E-state index in [4.69, 9.17) is 0 Å². The topological polar surface area (TPSA) is 69.6 Å². The van der Waals surface area contributed by atoms with E-state index in [-0.39, 0.29) is 18.3 Å². The zero-order chi connectivity index (χ0) is 13.9. The Morgan fingerprint density at radius 3 is 2.79 bits per heavy atom. The van der Waals surface area contributed by atoms with Crippen molar-refractivity contribution in [1.82, 2.24) is 9.03 Å². The van der Waals surface area contributed by atoms with Gasteiger partial charge in [-0.1, -0.05) is 24.6 Å². The Morgan fingerprint density at radius 2 is 2.11 bits per heavy atom. The van der Waals surface area contributed by atoms with Crippen LogP contribution in [0.5, 0.6) is 5.75 Å². The molecule has 5 nitrogen and oxygen atoms in total. The zero-order valence-corrected chi connectivity index (χ0v) is 11.9. The Hall–Kier alpha value is -1.11. The van der Waals surface area contributed by atoms with E-state index in [0.29, 0.717) is 12.1 Å². The molecule has 1 heterocycles. The first kappa shape index (κ1) is 14.3. The molecule has 1 fully saturated rings. The summed E-state index contributed by atoms with van der Waals surface area (Å²) >= 11 is 0. The van der Waals surface area contributed by atoms with Gasteiger partial charge in [0, 0.05) is 24.7 Å². The molecule has 1 atom stereocenters. The lowest BCUT2D eigenvalue weighted by Gasteiger charge is -2.32. The molecule has 0 spiro atoms. The summed E-state index contributed by atoms with van der Waals surface area (Å²) in [5.41, 5.74) is 0.579. The fraction of sp³-hybridized carbons (Fsp3) is 0.538. The molecule has 0 aliphatic carbocycles. The third kappa shape index (κ3) is 3.46. The minimum absolute atomic E-state index is 0.0376. The first-order valence-electron chi connectivity index (χ1n) is 6.54. The number of hydrogen-bond donors (Lipinski definition) is 2. The molecule has 1 aromatic carbocycles. The van der Waals surface area contributed by atoms with E-state index in [1.807, 2.05) is 6.92 Å². The summed E-state index contributed by atoms with van der Waals surface area (Å²) in [6.07, 6.45) is 2.88. The lowest BCUT2D eigenvalue weighted by Crippen LogP contribution is -2.47. The molecule has 1 aromatic rings. The lowest BCUT2D eigenvalue weighted by molar-refractivity contribution is 0.265. The van der Waals surface area contributed by atoms with E-state index in [2.05, 4.69) is 4.72 Å². The van der Waals surface area contributed by atoms with E-state index in [1.54, 1.807) is 24.3 Å². The second-order valence-electron chi connectivity index (χ2n) is 4.91. The lowest BCUT2D eigenvalue weighted by atomic mass is 10.1. The van der Waals surface area contributed by atoms with Crippen molar-refractivity contribution in [1.29, 1.82) is 0 Å². The summed E-state index contributed by atoms with van der Waals surface area (Å²) in [5.74, 6) is 0.108. The molecule has 0 saturated carbocycles. The summed E-state index contributed by atoms with van der Waals surface area (Å²) in [6, 6.07) is 6.77. The van der Waals surface area contributed by atoms with E-state index in [9.17, 15) is 13.5 Å². The Labute approximate surface area is 114 Å². The van der Waals surface area contributed by atoms with Crippen LogP contribution in [0, 0.1) is 0 Å². The number of rotatable bonds is 4. The van der Waals surface area contributed by atoms with Crippen molar-refractivity contribution in [2.45, 2.75) is 38.8 Å².